The van der Waals surface area contributed by atoms with E-state index < -0.39 is 0 Å². The van der Waals surface area contributed by atoms with Crippen LogP contribution in [-0.4, -0.2) is 14.6 Å². The molecule has 0 atom stereocenters. The van der Waals surface area contributed by atoms with Gasteiger partial charge in [-0.3, -0.25) is 0 Å². The van der Waals surface area contributed by atoms with Crippen LogP contribution in [0.25, 0.3) is 39.3 Å². The molecular weight excluding hydrogens is 411 g/mol. The number of nitrogens with zero attached hydrogens (tertiary/aromatic N) is 3. The minimum absolute atomic E-state index is 0.187. The van der Waals surface area contributed by atoms with Crippen molar-refractivity contribution in [1.29, 1.82) is 0 Å². The van der Waals surface area contributed by atoms with E-state index in [0.29, 0.717) is 0 Å². The van der Waals surface area contributed by atoms with Gasteiger partial charge in [0.15, 0.2) is 5.65 Å². The second-order valence-electron chi connectivity index (χ2n) is 8.80. The second kappa shape index (κ2) is 7.64. The summed E-state index contributed by atoms with van der Waals surface area (Å²) in [6, 6.07) is 27.0. The van der Waals surface area contributed by atoms with Gasteiger partial charge in [0.1, 0.15) is 5.82 Å². The van der Waals surface area contributed by atoms with Crippen molar-refractivity contribution in [3.63, 3.8) is 0 Å². The summed E-state index contributed by atoms with van der Waals surface area (Å²) in [5.74, 6) is -0.265. The molecule has 0 unspecified atom stereocenters. The molecule has 1 aliphatic carbocycles. The molecule has 162 valence electrons. The quantitative estimate of drug-likeness (QED) is 0.366. The smallest absolute Gasteiger partial charge is 0.156 e. The molecule has 0 aliphatic heterocycles. The van der Waals surface area contributed by atoms with Crippen molar-refractivity contribution in [3.05, 3.63) is 103 Å². The highest BCUT2D eigenvalue weighted by Gasteiger charge is 2.34. The van der Waals surface area contributed by atoms with Crippen molar-refractivity contribution in [3.8, 4) is 33.6 Å². The van der Waals surface area contributed by atoms with Gasteiger partial charge in [-0.1, -0.05) is 54.6 Å². The number of nitrogens with two attached hydrogens (primary N) is 1. The topological polar surface area (TPSA) is 56.2 Å². The van der Waals surface area contributed by atoms with Crippen molar-refractivity contribution >= 4 is 5.65 Å². The number of hydrogen-bond acceptors (Lipinski definition) is 3. The summed E-state index contributed by atoms with van der Waals surface area (Å²) in [7, 11) is 0. The first-order valence-corrected chi connectivity index (χ1v) is 11.2. The SMILES string of the molecule is NC1(c2ccc(-c3nc4cc(-c5ccc(F)cc5)nn4cc3-c3ccccc3)cc2)CCC1. The Kier molecular flexibility index (Phi) is 4.59. The molecule has 2 aromatic heterocycles. The monoisotopic (exact) mass is 434 g/mol. The molecule has 0 amide bonds. The van der Waals surface area contributed by atoms with Gasteiger partial charge in [-0.2, -0.15) is 5.10 Å². The van der Waals surface area contributed by atoms with Crippen LogP contribution in [0.5, 0.6) is 0 Å². The van der Waals surface area contributed by atoms with Crippen LogP contribution in [0.2, 0.25) is 0 Å². The summed E-state index contributed by atoms with van der Waals surface area (Å²) in [5.41, 5.74) is 13.9. The van der Waals surface area contributed by atoms with E-state index in [2.05, 4.69) is 36.4 Å². The van der Waals surface area contributed by atoms with Gasteiger partial charge in [0, 0.05) is 34.5 Å². The standard InChI is InChI=1S/C28H23FN4/c29-23-13-9-20(10-14-23)25-17-26-31-27(21-7-11-22(12-8-21)28(30)15-4-16-28)24(18-33(26)32-25)19-5-2-1-3-6-19/h1-3,5-14,17-18H,4,15-16,30H2. The minimum Gasteiger partial charge on any atom is -0.321 e. The molecule has 1 aliphatic rings. The Morgan fingerprint density at radius 2 is 1.52 bits per heavy atom. The van der Waals surface area contributed by atoms with Crippen LogP contribution in [0.3, 0.4) is 0 Å². The van der Waals surface area contributed by atoms with Crippen LogP contribution in [0.1, 0.15) is 24.8 Å². The molecule has 4 nitrogen and oxygen atoms in total. The molecule has 5 aromatic rings. The number of rotatable bonds is 4. The van der Waals surface area contributed by atoms with Gasteiger partial charge in [-0.05, 0) is 54.7 Å². The molecule has 1 saturated carbocycles. The second-order valence-corrected chi connectivity index (χ2v) is 8.80. The highest BCUT2D eigenvalue weighted by Crippen LogP contribution is 2.40. The maximum absolute atomic E-state index is 13.4. The average Bonchev–Trinajstić information content (AvgIpc) is 3.26. The van der Waals surface area contributed by atoms with Crippen molar-refractivity contribution in [2.75, 3.05) is 0 Å². The lowest BCUT2D eigenvalue weighted by atomic mass is 9.72. The van der Waals surface area contributed by atoms with E-state index in [1.165, 1.54) is 24.1 Å². The Morgan fingerprint density at radius 3 is 2.18 bits per heavy atom. The number of hydrogen-bond donors (Lipinski definition) is 1. The van der Waals surface area contributed by atoms with Crippen molar-refractivity contribution in [1.82, 2.24) is 14.6 Å². The zero-order chi connectivity index (χ0) is 22.4. The number of fused-ring (bicyclic) bond motifs is 1. The minimum atomic E-state index is -0.265. The molecule has 33 heavy (non-hydrogen) atoms. The van der Waals surface area contributed by atoms with E-state index in [9.17, 15) is 4.39 Å². The van der Waals surface area contributed by atoms with Gasteiger partial charge in [-0.15, -0.1) is 0 Å². The molecule has 3 aromatic carbocycles. The van der Waals surface area contributed by atoms with Gasteiger partial charge < -0.3 is 5.73 Å². The summed E-state index contributed by atoms with van der Waals surface area (Å²) in [5, 5.41) is 4.71. The van der Waals surface area contributed by atoms with E-state index in [1.54, 1.807) is 16.6 Å². The summed E-state index contributed by atoms with van der Waals surface area (Å²) in [6.45, 7) is 0. The average molecular weight is 435 g/mol. The van der Waals surface area contributed by atoms with E-state index in [1.807, 2.05) is 30.5 Å². The van der Waals surface area contributed by atoms with Crippen LogP contribution in [0.4, 0.5) is 4.39 Å². The fraction of sp³-hybridized carbons (Fsp3) is 0.143. The van der Waals surface area contributed by atoms with Crippen LogP contribution >= 0.6 is 0 Å². The Labute approximate surface area is 191 Å². The summed E-state index contributed by atoms with van der Waals surface area (Å²) in [6.07, 6.45) is 5.28. The van der Waals surface area contributed by atoms with Crippen molar-refractivity contribution in [2.24, 2.45) is 5.73 Å². The third-order valence-electron chi connectivity index (χ3n) is 6.65. The maximum Gasteiger partial charge on any atom is 0.156 e. The molecule has 6 rings (SSSR count). The molecule has 1 fully saturated rings. The van der Waals surface area contributed by atoms with Crippen molar-refractivity contribution in [2.45, 2.75) is 24.8 Å². The zero-order valence-electron chi connectivity index (χ0n) is 18.1. The fourth-order valence-electron chi connectivity index (χ4n) is 4.54. The molecular formula is C28H23FN4. The lowest BCUT2D eigenvalue weighted by Crippen LogP contribution is -2.43. The van der Waals surface area contributed by atoms with Gasteiger partial charge in [0.2, 0.25) is 0 Å². The zero-order valence-corrected chi connectivity index (χ0v) is 18.1. The summed E-state index contributed by atoms with van der Waals surface area (Å²) >= 11 is 0. The molecule has 5 heteroatoms. The molecule has 0 saturated heterocycles. The number of aromatic nitrogens is 3. The summed E-state index contributed by atoms with van der Waals surface area (Å²) < 4.78 is 15.2. The molecule has 2 N–H and O–H groups in total. The highest BCUT2D eigenvalue weighted by atomic mass is 19.1. The van der Waals surface area contributed by atoms with Crippen molar-refractivity contribution < 1.29 is 4.39 Å². The Hall–Kier alpha value is -3.83. The van der Waals surface area contributed by atoms with Crippen LogP contribution in [-0.2, 0) is 5.54 Å². The third kappa shape index (κ3) is 3.51. The van der Waals surface area contributed by atoms with E-state index in [-0.39, 0.29) is 11.4 Å². The van der Waals surface area contributed by atoms with E-state index in [0.717, 1.165) is 52.1 Å². The predicted molar refractivity (Wildman–Crippen MR) is 129 cm³/mol. The maximum atomic E-state index is 13.4. The number of benzene rings is 3. The van der Waals surface area contributed by atoms with E-state index >= 15 is 0 Å². The van der Waals surface area contributed by atoms with Gasteiger partial charge in [-0.25, -0.2) is 13.9 Å². The Balaban J connectivity index is 1.49. The fourth-order valence-corrected chi connectivity index (χ4v) is 4.54. The first-order valence-electron chi connectivity index (χ1n) is 11.2. The largest absolute Gasteiger partial charge is 0.321 e. The molecule has 0 radical (unpaired) electrons. The molecule has 0 bridgehead atoms. The molecule has 2 heterocycles. The van der Waals surface area contributed by atoms with E-state index in [4.69, 9.17) is 15.8 Å². The van der Waals surface area contributed by atoms with Crippen LogP contribution in [0, 0.1) is 5.82 Å². The first-order chi connectivity index (χ1) is 16.1. The van der Waals surface area contributed by atoms with Gasteiger partial charge >= 0.3 is 0 Å². The first kappa shape index (κ1) is 19.8. The lowest BCUT2D eigenvalue weighted by molar-refractivity contribution is 0.253. The molecule has 0 spiro atoms. The normalized spacial score (nSPS) is 14.8. The highest BCUT2D eigenvalue weighted by molar-refractivity contribution is 5.82. The van der Waals surface area contributed by atoms with Gasteiger partial charge in [0.25, 0.3) is 0 Å². The van der Waals surface area contributed by atoms with Crippen LogP contribution in [0.15, 0.2) is 91.1 Å². The Morgan fingerprint density at radius 1 is 0.818 bits per heavy atom. The predicted octanol–water partition coefficient (Wildman–Crippen LogP) is 6.21. The van der Waals surface area contributed by atoms with Crippen LogP contribution < -0.4 is 5.73 Å². The number of halogens is 1. The summed E-state index contributed by atoms with van der Waals surface area (Å²) in [4.78, 5) is 5.01. The lowest BCUT2D eigenvalue weighted by Gasteiger charge is -2.38. The Bertz CT molecular complexity index is 1430. The third-order valence-corrected chi connectivity index (χ3v) is 6.65. The van der Waals surface area contributed by atoms with Gasteiger partial charge in [0.05, 0.1) is 11.4 Å².